The summed E-state index contributed by atoms with van der Waals surface area (Å²) in [5.74, 6) is 1.66. The summed E-state index contributed by atoms with van der Waals surface area (Å²) in [6.45, 7) is 0. The molecule has 0 saturated carbocycles. The van der Waals surface area contributed by atoms with Gasteiger partial charge >= 0.3 is 0 Å². The highest BCUT2D eigenvalue weighted by Crippen LogP contribution is 2.28. The second-order valence-electron chi connectivity index (χ2n) is 4.11. The SMILES string of the molecule is COc1ccc(Br)cc1/C=C/c1cc(Br)ccc1OC. The number of halogens is 2. The van der Waals surface area contributed by atoms with Crippen molar-refractivity contribution in [3.05, 3.63) is 56.5 Å². The molecule has 2 rings (SSSR count). The summed E-state index contributed by atoms with van der Waals surface area (Å²) < 4.78 is 12.7. The van der Waals surface area contributed by atoms with Crippen molar-refractivity contribution in [3.63, 3.8) is 0 Å². The van der Waals surface area contributed by atoms with Gasteiger partial charge in [0.2, 0.25) is 0 Å². The van der Waals surface area contributed by atoms with Crippen molar-refractivity contribution in [2.75, 3.05) is 14.2 Å². The fourth-order valence-corrected chi connectivity index (χ4v) is 2.61. The molecular formula is C16H14Br2O2. The zero-order valence-electron chi connectivity index (χ0n) is 11.2. The maximum Gasteiger partial charge on any atom is 0.126 e. The van der Waals surface area contributed by atoms with E-state index in [1.807, 2.05) is 48.6 Å². The van der Waals surface area contributed by atoms with Gasteiger partial charge in [-0.3, -0.25) is 0 Å². The molecule has 0 aliphatic heterocycles. The molecule has 0 bridgehead atoms. The second kappa shape index (κ2) is 6.95. The van der Waals surface area contributed by atoms with E-state index in [4.69, 9.17) is 9.47 Å². The van der Waals surface area contributed by atoms with Gasteiger partial charge in [0.25, 0.3) is 0 Å². The first-order chi connectivity index (χ1) is 9.63. The van der Waals surface area contributed by atoms with E-state index in [2.05, 4.69) is 31.9 Å². The normalized spacial score (nSPS) is 10.8. The molecule has 0 aliphatic rings. The molecule has 0 N–H and O–H groups in total. The van der Waals surface area contributed by atoms with Gasteiger partial charge in [-0.15, -0.1) is 0 Å². The van der Waals surface area contributed by atoms with Crippen molar-refractivity contribution in [2.24, 2.45) is 0 Å². The van der Waals surface area contributed by atoms with Crippen LogP contribution in [0.3, 0.4) is 0 Å². The first kappa shape index (κ1) is 15.1. The monoisotopic (exact) mass is 396 g/mol. The highest BCUT2D eigenvalue weighted by atomic mass is 79.9. The zero-order chi connectivity index (χ0) is 14.5. The van der Waals surface area contributed by atoms with Crippen LogP contribution in [0, 0.1) is 0 Å². The number of methoxy groups -OCH3 is 2. The smallest absolute Gasteiger partial charge is 0.126 e. The quantitative estimate of drug-likeness (QED) is 0.643. The van der Waals surface area contributed by atoms with Crippen LogP contribution in [0.5, 0.6) is 11.5 Å². The maximum atomic E-state index is 5.36. The summed E-state index contributed by atoms with van der Waals surface area (Å²) in [7, 11) is 3.33. The van der Waals surface area contributed by atoms with E-state index in [0.29, 0.717) is 0 Å². The van der Waals surface area contributed by atoms with Gasteiger partial charge in [-0.2, -0.15) is 0 Å². The van der Waals surface area contributed by atoms with Crippen molar-refractivity contribution in [1.82, 2.24) is 0 Å². The second-order valence-corrected chi connectivity index (χ2v) is 5.94. The fourth-order valence-electron chi connectivity index (χ4n) is 1.85. The van der Waals surface area contributed by atoms with E-state index < -0.39 is 0 Å². The Hall–Kier alpha value is -1.26. The topological polar surface area (TPSA) is 18.5 Å². The average molecular weight is 398 g/mol. The van der Waals surface area contributed by atoms with Gasteiger partial charge in [0.1, 0.15) is 11.5 Å². The number of benzene rings is 2. The molecule has 0 fully saturated rings. The van der Waals surface area contributed by atoms with Gasteiger partial charge in [-0.05, 0) is 36.4 Å². The van der Waals surface area contributed by atoms with E-state index in [-0.39, 0.29) is 0 Å². The summed E-state index contributed by atoms with van der Waals surface area (Å²) in [5.41, 5.74) is 2.01. The number of hydrogen-bond acceptors (Lipinski definition) is 2. The van der Waals surface area contributed by atoms with Gasteiger partial charge in [0.05, 0.1) is 14.2 Å². The van der Waals surface area contributed by atoms with Crippen LogP contribution in [0.1, 0.15) is 11.1 Å². The predicted octanol–water partition coefficient (Wildman–Crippen LogP) is 5.40. The van der Waals surface area contributed by atoms with E-state index in [1.54, 1.807) is 14.2 Å². The average Bonchev–Trinajstić information content (AvgIpc) is 2.45. The Kier molecular flexibility index (Phi) is 5.26. The number of hydrogen-bond donors (Lipinski definition) is 0. The maximum absolute atomic E-state index is 5.36. The first-order valence-corrected chi connectivity index (χ1v) is 7.58. The molecule has 0 aromatic heterocycles. The molecule has 0 spiro atoms. The van der Waals surface area contributed by atoms with Gasteiger partial charge in [0.15, 0.2) is 0 Å². The van der Waals surface area contributed by atoms with Crippen molar-refractivity contribution in [2.45, 2.75) is 0 Å². The summed E-state index contributed by atoms with van der Waals surface area (Å²) in [4.78, 5) is 0. The third kappa shape index (κ3) is 3.64. The van der Waals surface area contributed by atoms with Crippen molar-refractivity contribution < 1.29 is 9.47 Å². The van der Waals surface area contributed by atoms with Gasteiger partial charge < -0.3 is 9.47 Å². The summed E-state index contributed by atoms with van der Waals surface area (Å²) >= 11 is 6.94. The molecule has 4 heteroatoms. The van der Waals surface area contributed by atoms with Gasteiger partial charge in [-0.1, -0.05) is 44.0 Å². The number of rotatable bonds is 4. The largest absolute Gasteiger partial charge is 0.496 e. The molecule has 2 nitrogen and oxygen atoms in total. The summed E-state index contributed by atoms with van der Waals surface area (Å²) in [5, 5.41) is 0. The summed E-state index contributed by atoms with van der Waals surface area (Å²) in [6.07, 6.45) is 4.02. The standard InChI is InChI=1S/C16H14Br2O2/c1-19-15-7-5-13(17)9-11(15)3-4-12-10-14(18)6-8-16(12)20-2/h3-10H,1-2H3/b4-3+. The third-order valence-electron chi connectivity index (χ3n) is 2.83. The predicted molar refractivity (Wildman–Crippen MR) is 90.3 cm³/mol. The van der Waals surface area contributed by atoms with Crippen LogP contribution in [0.25, 0.3) is 12.2 Å². The Morgan fingerprint density at radius 1 is 0.750 bits per heavy atom. The molecule has 20 heavy (non-hydrogen) atoms. The Bertz CT molecular complexity index is 581. The van der Waals surface area contributed by atoms with E-state index in [1.165, 1.54) is 0 Å². The van der Waals surface area contributed by atoms with Gasteiger partial charge in [-0.25, -0.2) is 0 Å². The Balaban J connectivity index is 2.38. The minimum atomic E-state index is 0.832. The van der Waals surface area contributed by atoms with Crippen LogP contribution in [0.15, 0.2) is 45.3 Å². The van der Waals surface area contributed by atoms with Crippen molar-refractivity contribution >= 4 is 44.0 Å². The van der Waals surface area contributed by atoms with Crippen LogP contribution in [-0.4, -0.2) is 14.2 Å². The van der Waals surface area contributed by atoms with Crippen LogP contribution in [-0.2, 0) is 0 Å². The van der Waals surface area contributed by atoms with E-state index in [9.17, 15) is 0 Å². The lowest BCUT2D eigenvalue weighted by atomic mass is 10.1. The Labute approximate surface area is 135 Å². The molecule has 0 unspecified atom stereocenters. The molecule has 0 atom stereocenters. The minimum absolute atomic E-state index is 0.832. The lowest BCUT2D eigenvalue weighted by Gasteiger charge is -2.07. The van der Waals surface area contributed by atoms with Crippen molar-refractivity contribution in [3.8, 4) is 11.5 Å². The van der Waals surface area contributed by atoms with E-state index in [0.717, 1.165) is 31.6 Å². The van der Waals surface area contributed by atoms with Crippen LogP contribution < -0.4 is 9.47 Å². The molecule has 104 valence electrons. The zero-order valence-corrected chi connectivity index (χ0v) is 14.4. The Morgan fingerprint density at radius 3 is 1.50 bits per heavy atom. The van der Waals surface area contributed by atoms with Crippen LogP contribution >= 0.6 is 31.9 Å². The molecular weight excluding hydrogens is 384 g/mol. The molecule has 0 aliphatic carbocycles. The highest BCUT2D eigenvalue weighted by Gasteiger charge is 2.03. The van der Waals surface area contributed by atoms with Gasteiger partial charge in [0, 0.05) is 20.1 Å². The molecule has 2 aromatic carbocycles. The minimum Gasteiger partial charge on any atom is -0.496 e. The number of ether oxygens (including phenoxy) is 2. The summed E-state index contributed by atoms with van der Waals surface area (Å²) in [6, 6.07) is 11.8. The molecule has 0 amide bonds. The van der Waals surface area contributed by atoms with Crippen LogP contribution in [0.2, 0.25) is 0 Å². The van der Waals surface area contributed by atoms with E-state index >= 15 is 0 Å². The Morgan fingerprint density at radius 2 is 1.15 bits per heavy atom. The molecule has 0 radical (unpaired) electrons. The lowest BCUT2D eigenvalue weighted by Crippen LogP contribution is -1.88. The van der Waals surface area contributed by atoms with Crippen molar-refractivity contribution in [1.29, 1.82) is 0 Å². The lowest BCUT2D eigenvalue weighted by molar-refractivity contribution is 0.413. The first-order valence-electron chi connectivity index (χ1n) is 5.99. The highest BCUT2D eigenvalue weighted by molar-refractivity contribution is 9.10. The molecule has 0 saturated heterocycles. The molecule has 0 heterocycles. The third-order valence-corrected chi connectivity index (χ3v) is 3.81. The molecule has 2 aromatic rings. The van der Waals surface area contributed by atoms with Crippen LogP contribution in [0.4, 0.5) is 0 Å². The fraction of sp³-hybridized carbons (Fsp3) is 0.125.